The van der Waals surface area contributed by atoms with Crippen molar-refractivity contribution in [2.45, 2.75) is 20.1 Å². The van der Waals surface area contributed by atoms with Gasteiger partial charge in [0.05, 0.1) is 0 Å². The smallest absolute Gasteiger partial charge is 0.124 e. The maximum Gasteiger partial charge on any atom is 0.124 e. The largest absolute Gasteiger partial charge is 0.489 e. The van der Waals surface area contributed by atoms with Crippen LogP contribution in [-0.4, -0.2) is 6.54 Å². The zero-order valence-corrected chi connectivity index (χ0v) is 13.5. The van der Waals surface area contributed by atoms with Gasteiger partial charge in [0.15, 0.2) is 0 Å². The summed E-state index contributed by atoms with van der Waals surface area (Å²) in [6.45, 7) is 3.95. The van der Waals surface area contributed by atoms with Crippen LogP contribution in [0.15, 0.2) is 42.5 Å². The molecule has 0 unspecified atom stereocenters. The molecule has 0 aliphatic rings. The van der Waals surface area contributed by atoms with Crippen molar-refractivity contribution >= 4 is 22.6 Å². The standard InChI is InChI=1S/C16H17FINO/c1-2-19-10-13-9-14(17)5-8-16(13)20-11-12-3-6-15(18)7-4-12/h3-9,19H,2,10-11H2,1H3. The number of nitrogens with one attached hydrogen (secondary N) is 1. The second kappa shape index (κ2) is 7.59. The number of hydrogen-bond donors (Lipinski definition) is 1. The van der Waals surface area contributed by atoms with Gasteiger partial charge in [-0.25, -0.2) is 4.39 Å². The monoisotopic (exact) mass is 385 g/mol. The molecule has 2 nitrogen and oxygen atoms in total. The summed E-state index contributed by atoms with van der Waals surface area (Å²) in [4.78, 5) is 0. The van der Waals surface area contributed by atoms with Gasteiger partial charge in [-0.2, -0.15) is 0 Å². The van der Waals surface area contributed by atoms with Gasteiger partial charge in [-0.15, -0.1) is 0 Å². The number of halogens is 2. The number of benzene rings is 2. The highest BCUT2D eigenvalue weighted by Gasteiger charge is 2.05. The zero-order chi connectivity index (χ0) is 14.4. The molecule has 0 fully saturated rings. The van der Waals surface area contributed by atoms with Crippen LogP contribution in [0.2, 0.25) is 0 Å². The summed E-state index contributed by atoms with van der Waals surface area (Å²) in [6, 6.07) is 12.8. The van der Waals surface area contributed by atoms with E-state index in [2.05, 4.69) is 27.9 Å². The van der Waals surface area contributed by atoms with E-state index in [4.69, 9.17) is 4.74 Å². The van der Waals surface area contributed by atoms with E-state index in [1.165, 1.54) is 15.7 Å². The molecule has 0 radical (unpaired) electrons. The van der Waals surface area contributed by atoms with Crippen molar-refractivity contribution in [2.24, 2.45) is 0 Å². The zero-order valence-electron chi connectivity index (χ0n) is 11.3. The molecular weight excluding hydrogens is 368 g/mol. The molecule has 0 heterocycles. The molecule has 0 aromatic heterocycles. The Morgan fingerprint density at radius 2 is 1.90 bits per heavy atom. The predicted molar refractivity (Wildman–Crippen MR) is 87.3 cm³/mol. The fourth-order valence-corrected chi connectivity index (χ4v) is 2.19. The third-order valence-corrected chi connectivity index (χ3v) is 3.61. The van der Waals surface area contributed by atoms with Gasteiger partial charge in [-0.3, -0.25) is 0 Å². The van der Waals surface area contributed by atoms with E-state index in [1.54, 1.807) is 6.07 Å². The normalized spacial score (nSPS) is 10.6. The minimum atomic E-state index is -0.237. The first-order chi connectivity index (χ1) is 9.69. The molecule has 0 aliphatic heterocycles. The second-order valence-corrected chi connectivity index (χ2v) is 5.69. The molecule has 1 N–H and O–H groups in total. The summed E-state index contributed by atoms with van der Waals surface area (Å²) in [5.74, 6) is 0.491. The molecule has 0 spiro atoms. The number of hydrogen-bond acceptors (Lipinski definition) is 2. The van der Waals surface area contributed by atoms with Crippen molar-refractivity contribution in [2.75, 3.05) is 6.54 Å². The van der Waals surface area contributed by atoms with Gasteiger partial charge < -0.3 is 10.1 Å². The van der Waals surface area contributed by atoms with Crippen molar-refractivity contribution in [3.05, 3.63) is 63.0 Å². The Labute approximate surface area is 132 Å². The summed E-state index contributed by atoms with van der Waals surface area (Å²) in [6.07, 6.45) is 0. The van der Waals surface area contributed by atoms with Crippen LogP contribution in [0.4, 0.5) is 4.39 Å². The van der Waals surface area contributed by atoms with E-state index in [9.17, 15) is 4.39 Å². The van der Waals surface area contributed by atoms with Crippen molar-refractivity contribution in [3.63, 3.8) is 0 Å². The van der Waals surface area contributed by atoms with E-state index in [0.717, 1.165) is 23.4 Å². The SMILES string of the molecule is CCNCc1cc(F)ccc1OCc1ccc(I)cc1. The van der Waals surface area contributed by atoms with E-state index < -0.39 is 0 Å². The van der Waals surface area contributed by atoms with Crippen LogP contribution < -0.4 is 10.1 Å². The van der Waals surface area contributed by atoms with Gasteiger partial charge in [0.1, 0.15) is 18.2 Å². The lowest BCUT2D eigenvalue weighted by Gasteiger charge is -2.12. The van der Waals surface area contributed by atoms with Crippen molar-refractivity contribution in [1.82, 2.24) is 5.32 Å². The molecule has 0 amide bonds. The van der Waals surface area contributed by atoms with Crippen LogP contribution in [0.1, 0.15) is 18.1 Å². The summed E-state index contributed by atoms with van der Waals surface area (Å²) < 4.78 is 20.3. The van der Waals surface area contributed by atoms with Gasteiger partial charge in [0.2, 0.25) is 0 Å². The molecule has 0 aliphatic carbocycles. The molecule has 0 bridgehead atoms. The molecular formula is C16H17FINO. The Bertz CT molecular complexity index is 557. The van der Waals surface area contributed by atoms with Crippen LogP contribution in [0.25, 0.3) is 0 Å². The Balaban J connectivity index is 2.06. The fourth-order valence-electron chi connectivity index (χ4n) is 1.83. The highest BCUT2D eigenvalue weighted by Crippen LogP contribution is 2.21. The van der Waals surface area contributed by atoms with E-state index in [1.807, 2.05) is 31.2 Å². The molecule has 0 saturated heterocycles. The maximum atomic E-state index is 13.3. The van der Waals surface area contributed by atoms with E-state index >= 15 is 0 Å². The first-order valence-corrected chi connectivity index (χ1v) is 7.63. The molecule has 2 aromatic carbocycles. The average Bonchev–Trinajstić information content (AvgIpc) is 2.46. The number of ether oxygens (including phenoxy) is 1. The van der Waals surface area contributed by atoms with Crippen LogP contribution >= 0.6 is 22.6 Å². The molecule has 0 saturated carbocycles. The molecule has 2 aromatic rings. The second-order valence-electron chi connectivity index (χ2n) is 4.45. The van der Waals surface area contributed by atoms with Gasteiger partial charge in [-0.1, -0.05) is 19.1 Å². The number of rotatable bonds is 6. The highest BCUT2D eigenvalue weighted by atomic mass is 127. The Morgan fingerprint density at radius 3 is 2.60 bits per heavy atom. The lowest BCUT2D eigenvalue weighted by molar-refractivity contribution is 0.301. The quantitative estimate of drug-likeness (QED) is 0.756. The van der Waals surface area contributed by atoms with E-state index in [0.29, 0.717) is 13.2 Å². The fraction of sp³-hybridized carbons (Fsp3) is 0.250. The van der Waals surface area contributed by atoms with Gasteiger partial charge in [-0.05, 0) is 65.0 Å². The summed E-state index contributed by atoms with van der Waals surface area (Å²) in [5, 5.41) is 3.19. The first-order valence-electron chi connectivity index (χ1n) is 6.55. The van der Waals surface area contributed by atoms with Gasteiger partial charge >= 0.3 is 0 Å². The molecule has 20 heavy (non-hydrogen) atoms. The highest BCUT2D eigenvalue weighted by molar-refractivity contribution is 14.1. The minimum Gasteiger partial charge on any atom is -0.489 e. The van der Waals surface area contributed by atoms with Gasteiger partial charge in [0, 0.05) is 15.7 Å². The van der Waals surface area contributed by atoms with Crippen molar-refractivity contribution < 1.29 is 9.13 Å². The Hall–Kier alpha value is -1.14. The van der Waals surface area contributed by atoms with Crippen LogP contribution in [0.5, 0.6) is 5.75 Å². The maximum absolute atomic E-state index is 13.3. The lowest BCUT2D eigenvalue weighted by Crippen LogP contribution is -2.13. The molecule has 2 rings (SSSR count). The molecule has 106 valence electrons. The summed E-state index contributed by atoms with van der Waals surface area (Å²) in [5.41, 5.74) is 1.95. The Kier molecular flexibility index (Phi) is 5.79. The Morgan fingerprint density at radius 1 is 1.15 bits per heavy atom. The first kappa shape index (κ1) is 15.3. The summed E-state index contributed by atoms with van der Waals surface area (Å²) >= 11 is 2.27. The topological polar surface area (TPSA) is 21.3 Å². The summed E-state index contributed by atoms with van der Waals surface area (Å²) in [7, 11) is 0. The van der Waals surface area contributed by atoms with Crippen LogP contribution in [-0.2, 0) is 13.2 Å². The average molecular weight is 385 g/mol. The van der Waals surface area contributed by atoms with Crippen molar-refractivity contribution in [1.29, 1.82) is 0 Å². The third kappa shape index (κ3) is 4.45. The van der Waals surface area contributed by atoms with Crippen LogP contribution in [0, 0.1) is 9.39 Å². The minimum absolute atomic E-state index is 0.237. The molecule has 4 heteroatoms. The van der Waals surface area contributed by atoms with Gasteiger partial charge in [0.25, 0.3) is 0 Å². The predicted octanol–water partition coefficient (Wildman–Crippen LogP) is 4.12. The van der Waals surface area contributed by atoms with Crippen LogP contribution in [0.3, 0.4) is 0 Å². The lowest BCUT2D eigenvalue weighted by atomic mass is 10.2. The third-order valence-electron chi connectivity index (χ3n) is 2.90. The van der Waals surface area contributed by atoms with Crippen molar-refractivity contribution in [3.8, 4) is 5.75 Å². The van der Waals surface area contributed by atoms with E-state index in [-0.39, 0.29) is 5.82 Å². The molecule has 0 atom stereocenters.